The van der Waals surface area contributed by atoms with Crippen LogP contribution in [0.15, 0.2) is 17.0 Å². The predicted octanol–water partition coefficient (Wildman–Crippen LogP) is 0.862. The molecule has 0 saturated carbocycles. The van der Waals surface area contributed by atoms with Gasteiger partial charge in [-0.3, -0.25) is 0 Å². The third-order valence-electron chi connectivity index (χ3n) is 3.06. The molecule has 1 aromatic rings. The highest BCUT2D eigenvalue weighted by Gasteiger charge is 2.30. The first-order valence-corrected chi connectivity index (χ1v) is 7.87. The summed E-state index contributed by atoms with van der Waals surface area (Å²) in [5.74, 6) is 0.128. The van der Waals surface area contributed by atoms with E-state index in [4.69, 9.17) is 21.1 Å². The molecule has 8 heteroatoms. The van der Waals surface area contributed by atoms with Crippen molar-refractivity contribution in [2.24, 2.45) is 0 Å². The smallest absolute Gasteiger partial charge is 0.246 e. The van der Waals surface area contributed by atoms with E-state index in [1.54, 1.807) is 0 Å². The van der Waals surface area contributed by atoms with Crippen LogP contribution in [0.3, 0.4) is 0 Å². The molecule has 0 aliphatic carbocycles. The lowest BCUT2D eigenvalue weighted by molar-refractivity contribution is 0.0729. The topological polar surface area (TPSA) is 76.1 Å². The van der Waals surface area contributed by atoms with Crippen molar-refractivity contribution in [2.75, 3.05) is 33.4 Å². The van der Waals surface area contributed by atoms with Crippen LogP contribution in [0.2, 0.25) is 5.02 Å². The van der Waals surface area contributed by atoms with Crippen LogP contribution in [-0.2, 0) is 21.4 Å². The van der Waals surface area contributed by atoms with Crippen molar-refractivity contribution in [2.45, 2.75) is 11.5 Å². The standard InChI is InChI=1S/C12H16ClNO5S/c1-18-12-9(8-15)6-10(13)7-11(12)20(16,17)14-2-4-19-5-3-14/h6-7,15H,2-5,8H2,1H3. The Labute approximate surface area is 122 Å². The summed E-state index contributed by atoms with van der Waals surface area (Å²) < 4.78 is 36.9. The Balaban J connectivity index is 2.52. The van der Waals surface area contributed by atoms with E-state index in [1.807, 2.05) is 0 Å². The Kier molecular flexibility index (Phi) is 4.87. The Bertz CT molecular complexity index is 584. The Morgan fingerprint density at radius 2 is 2.05 bits per heavy atom. The average Bonchev–Trinajstić information content (AvgIpc) is 2.47. The quantitative estimate of drug-likeness (QED) is 0.890. The van der Waals surface area contributed by atoms with E-state index in [0.717, 1.165) is 0 Å². The van der Waals surface area contributed by atoms with Gasteiger partial charge in [-0.1, -0.05) is 11.6 Å². The fourth-order valence-electron chi connectivity index (χ4n) is 2.09. The summed E-state index contributed by atoms with van der Waals surface area (Å²) in [7, 11) is -2.37. The highest BCUT2D eigenvalue weighted by atomic mass is 35.5. The second kappa shape index (κ2) is 6.28. The molecule has 1 aromatic carbocycles. The highest BCUT2D eigenvalue weighted by Crippen LogP contribution is 2.33. The molecule has 1 saturated heterocycles. The SMILES string of the molecule is COc1c(CO)cc(Cl)cc1S(=O)(=O)N1CCOCC1. The van der Waals surface area contributed by atoms with E-state index < -0.39 is 10.0 Å². The maximum absolute atomic E-state index is 12.6. The van der Waals surface area contributed by atoms with Gasteiger partial charge in [0.2, 0.25) is 10.0 Å². The summed E-state index contributed by atoms with van der Waals surface area (Å²) in [5.41, 5.74) is 0.340. The number of nitrogens with zero attached hydrogens (tertiary/aromatic N) is 1. The summed E-state index contributed by atoms with van der Waals surface area (Å²) in [6.07, 6.45) is 0. The van der Waals surface area contributed by atoms with E-state index in [1.165, 1.54) is 23.5 Å². The summed E-state index contributed by atoms with van der Waals surface area (Å²) in [6, 6.07) is 2.82. The molecule has 0 spiro atoms. The summed E-state index contributed by atoms with van der Waals surface area (Å²) in [4.78, 5) is -0.0292. The number of hydrogen-bond donors (Lipinski definition) is 1. The van der Waals surface area contributed by atoms with Crippen LogP contribution in [0.5, 0.6) is 5.75 Å². The van der Waals surface area contributed by atoms with Crippen LogP contribution in [-0.4, -0.2) is 51.2 Å². The van der Waals surface area contributed by atoms with E-state index in [9.17, 15) is 13.5 Å². The van der Waals surface area contributed by atoms with Gasteiger partial charge in [0.05, 0.1) is 26.9 Å². The average molecular weight is 322 g/mol. The number of halogens is 1. The van der Waals surface area contributed by atoms with Gasteiger partial charge in [-0.15, -0.1) is 0 Å². The van der Waals surface area contributed by atoms with Crippen molar-refractivity contribution in [3.63, 3.8) is 0 Å². The first kappa shape index (κ1) is 15.5. The van der Waals surface area contributed by atoms with Crippen molar-refractivity contribution < 1.29 is 23.0 Å². The minimum absolute atomic E-state index is 0.0292. The summed E-state index contributed by atoms with van der Waals surface area (Å²) >= 11 is 5.93. The van der Waals surface area contributed by atoms with Crippen molar-refractivity contribution in [3.05, 3.63) is 22.7 Å². The summed E-state index contributed by atoms with van der Waals surface area (Å²) in [6.45, 7) is 0.929. The van der Waals surface area contributed by atoms with Gasteiger partial charge in [0.25, 0.3) is 0 Å². The lowest BCUT2D eigenvalue weighted by atomic mass is 10.2. The molecule has 1 N–H and O–H groups in total. The maximum atomic E-state index is 12.6. The molecule has 0 atom stereocenters. The second-order valence-electron chi connectivity index (χ2n) is 4.27. The first-order valence-electron chi connectivity index (χ1n) is 6.06. The number of methoxy groups -OCH3 is 1. The Hall–Kier alpha value is -0.860. The van der Waals surface area contributed by atoms with E-state index in [-0.39, 0.29) is 35.4 Å². The molecular formula is C12H16ClNO5S. The molecule has 2 rings (SSSR count). The first-order chi connectivity index (χ1) is 9.50. The zero-order valence-electron chi connectivity index (χ0n) is 11.0. The van der Waals surface area contributed by atoms with Crippen molar-refractivity contribution in [3.8, 4) is 5.75 Å². The normalized spacial score (nSPS) is 17.1. The molecular weight excluding hydrogens is 306 g/mol. The number of sulfonamides is 1. The van der Waals surface area contributed by atoms with Crippen LogP contribution in [0.1, 0.15) is 5.56 Å². The van der Waals surface area contributed by atoms with Gasteiger partial charge in [-0.25, -0.2) is 8.42 Å². The molecule has 6 nitrogen and oxygen atoms in total. The van der Waals surface area contributed by atoms with Crippen molar-refractivity contribution in [1.82, 2.24) is 4.31 Å². The summed E-state index contributed by atoms with van der Waals surface area (Å²) in [5, 5.41) is 9.55. The molecule has 1 aliphatic rings. The molecule has 1 heterocycles. The molecule has 0 aromatic heterocycles. The van der Waals surface area contributed by atoms with Gasteiger partial charge in [-0.2, -0.15) is 4.31 Å². The van der Waals surface area contributed by atoms with Gasteiger partial charge in [-0.05, 0) is 12.1 Å². The van der Waals surface area contributed by atoms with E-state index in [0.29, 0.717) is 18.8 Å². The largest absolute Gasteiger partial charge is 0.495 e. The lowest BCUT2D eigenvalue weighted by Crippen LogP contribution is -2.40. The molecule has 20 heavy (non-hydrogen) atoms. The fourth-order valence-corrected chi connectivity index (χ4v) is 4.03. The van der Waals surface area contributed by atoms with Crippen LogP contribution in [0.4, 0.5) is 0 Å². The maximum Gasteiger partial charge on any atom is 0.246 e. The molecule has 1 fully saturated rings. The molecule has 0 bridgehead atoms. The van der Waals surface area contributed by atoms with Crippen LogP contribution in [0.25, 0.3) is 0 Å². The molecule has 0 radical (unpaired) electrons. The zero-order chi connectivity index (χ0) is 14.8. The third kappa shape index (κ3) is 2.91. The van der Waals surface area contributed by atoms with Crippen LogP contribution in [0, 0.1) is 0 Å². The highest BCUT2D eigenvalue weighted by molar-refractivity contribution is 7.89. The number of hydrogen-bond acceptors (Lipinski definition) is 5. The lowest BCUT2D eigenvalue weighted by Gasteiger charge is -2.27. The van der Waals surface area contributed by atoms with Crippen molar-refractivity contribution in [1.29, 1.82) is 0 Å². The number of ether oxygens (including phenoxy) is 2. The zero-order valence-corrected chi connectivity index (χ0v) is 12.6. The van der Waals surface area contributed by atoms with Gasteiger partial charge < -0.3 is 14.6 Å². The van der Waals surface area contributed by atoms with Crippen LogP contribution < -0.4 is 4.74 Å². The van der Waals surface area contributed by atoms with E-state index >= 15 is 0 Å². The number of aliphatic hydroxyl groups excluding tert-OH is 1. The van der Waals surface area contributed by atoms with Crippen molar-refractivity contribution >= 4 is 21.6 Å². The third-order valence-corrected chi connectivity index (χ3v) is 5.18. The van der Waals surface area contributed by atoms with Crippen LogP contribution >= 0.6 is 11.6 Å². The fraction of sp³-hybridized carbons (Fsp3) is 0.500. The second-order valence-corrected chi connectivity index (χ2v) is 6.61. The minimum atomic E-state index is -3.73. The van der Waals surface area contributed by atoms with Gasteiger partial charge >= 0.3 is 0 Å². The molecule has 112 valence electrons. The molecule has 0 amide bonds. The number of rotatable bonds is 4. The monoisotopic (exact) mass is 321 g/mol. The number of morpholine rings is 1. The van der Waals surface area contributed by atoms with Gasteiger partial charge in [0.1, 0.15) is 10.6 Å². The minimum Gasteiger partial charge on any atom is -0.495 e. The molecule has 0 unspecified atom stereocenters. The van der Waals surface area contributed by atoms with Gasteiger partial charge in [0.15, 0.2) is 0 Å². The van der Waals surface area contributed by atoms with Gasteiger partial charge in [0, 0.05) is 23.7 Å². The van der Waals surface area contributed by atoms with E-state index in [2.05, 4.69) is 0 Å². The number of benzene rings is 1. The predicted molar refractivity (Wildman–Crippen MR) is 73.5 cm³/mol. The number of aliphatic hydroxyl groups is 1. The molecule has 1 aliphatic heterocycles. The Morgan fingerprint density at radius 1 is 1.40 bits per heavy atom. The Morgan fingerprint density at radius 3 is 2.60 bits per heavy atom.